The van der Waals surface area contributed by atoms with Crippen LogP contribution in [0, 0.1) is 25.2 Å². The van der Waals surface area contributed by atoms with Gasteiger partial charge in [-0.05, 0) is 56.1 Å². The molecule has 1 aliphatic rings. The summed E-state index contributed by atoms with van der Waals surface area (Å²) in [4.78, 5) is 12.2. The van der Waals surface area contributed by atoms with Crippen molar-refractivity contribution >= 4 is 38.8 Å². The van der Waals surface area contributed by atoms with Crippen LogP contribution in [0.15, 0.2) is 18.6 Å². The van der Waals surface area contributed by atoms with Crippen LogP contribution in [0.25, 0.3) is 27.4 Å². The van der Waals surface area contributed by atoms with E-state index in [0.717, 1.165) is 45.8 Å². The first-order chi connectivity index (χ1) is 16.7. The molecule has 0 amide bonds. The summed E-state index contributed by atoms with van der Waals surface area (Å²) in [6.07, 6.45) is 8.31. The van der Waals surface area contributed by atoms with Crippen molar-refractivity contribution in [1.29, 1.82) is 0 Å². The third-order valence-electron chi connectivity index (χ3n) is 7.84. The highest BCUT2D eigenvalue weighted by Gasteiger charge is 2.33. The van der Waals surface area contributed by atoms with Crippen LogP contribution in [0.4, 0.5) is 0 Å². The fourth-order valence-corrected chi connectivity index (χ4v) is 6.55. The summed E-state index contributed by atoms with van der Waals surface area (Å²) in [6, 6.07) is 1.94. The molecule has 0 aliphatic heterocycles. The fourth-order valence-electron chi connectivity index (χ4n) is 5.15. The Bertz CT molecular complexity index is 1570. The Morgan fingerprint density at radius 1 is 1.20 bits per heavy atom. The second kappa shape index (κ2) is 8.13. The minimum absolute atomic E-state index is 0.357. The van der Waals surface area contributed by atoms with Gasteiger partial charge in [0, 0.05) is 11.1 Å². The van der Waals surface area contributed by atoms with Crippen molar-refractivity contribution in [2.45, 2.75) is 67.0 Å². The van der Waals surface area contributed by atoms with Crippen LogP contribution < -0.4 is 0 Å². The van der Waals surface area contributed by atoms with E-state index < -0.39 is 0 Å². The second-order valence-electron chi connectivity index (χ2n) is 10.3. The van der Waals surface area contributed by atoms with Gasteiger partial charge in [-0.15, -0.1) is 16.4 Å². The SMILES string of the molecule is CCC(C)(C)C1CCc2c(sc3ncn4nc(-c5ccn(Cn6nc(C)c(Cl)c6C)n5)nc4c23)C1. The normalized spacial score (nSPS) is 16.5. The average molecular weight is 509 g/mol. The molecule has 0 saturated carbocycles. The Labute approximate surface area is 213 Å². The lowest BCUT2D eigenvalue weighted by atomic mass is 9.70. The van der Waals surface area contributed by atoms with Gasteiger partial charge >= 0.3 is 0 Å². The van der Waals surface area contributed by atoms with E-state index >= 15 is 0 Å². The standard InChI is InChI=1S/C25H29ClN8S/c1-6-25(4,5)16-7-8-17-19(11-16)35-24-20(17)23-28-22(31-33(23)12-27-24)18-9-10-32(30-18)13-34-15(3)21(26)14(2)29-34/h9-10,12,16H,6-8,11,13H2,1-5H3. The summed E-state index contributed by atoms with van der Waals surface area (Å²) in [7, 11) is 0. The van der Waals surface area contributed by atoms with Gasteiger partial charge in [0.2, 0.25) is 5.82 Å². The molecule has 1 unspecified atom stereocenters. The van der Waals surface area contributed by atoms with Crippen molar-refractivity contribution in [3.63, 3.8) is 0 Å². The number of aromatic nitrogens is 8. The van der Waals surface area contributed by atoms with E-state index in [1.807, 2.05) is 46.8 Å². The topological polar surface area (TPSA) is 78.7 Å². The van der Waals surface area contributed by atoms with Gasteiger partial charge in [0.1, 0.15) is 23.5 Å². The van der Waals surface area contributed by atoms with Crippen molar-refractivity contribution in [2.24, 2.45) is 11.3 Å². The van der Waals surface area contributed by atoms with Gasteiger partial charge in [-0.25, -0.2) is 19.2 Å². The highest BCUT2D eigenvalue weighted by molar-refractivity contribution is 7.19. The van der Waals surface area contributed by atoms with E-state index in [9.17, 15) is 0 Å². The smallest absolute Gasteiger partial charge is 0.202 e. The molecular weight excluding hydrogens is 480 g/mol. The number of thiophene rings is 1. The quantitative estimate of drug-likeness (QED) is 0.303. The van der Waals surface area contributed by atoms with Gasteiger partial charge in [0.05, 0.1) is 21.8 Å². The number of fused-ring (bicyclic) bond motifs is 5. The molecule has 10 heteroatoms. The predicted molar refractivity (Wildman–Crippen MR) is 139 cm³/mol. The summed E-state index contributed by atoms with van der Waals surface area (Å²) in [5.74, 6) is 1.31. The van der Waals surface area contributed by atoms with Gasteiger partial charge in [-0.1, -0.05) is 38.8 Å². The Hall–Kier alpha value is -2.78. The maximum absolute atomic E-state index is 6.30. The largest absolute Gasteiger partial charge is 0.250 e. The molecule has 0 radical (unpaired) electrons. The number of hydrogen-bond donors (Lipinski definition) is 0. The van der Waals surface area contributed by atoms with Crippen molar-refractivity contribution in [3.05, 3.63) is 45.4 Å². The summed E-state index contributed by atoms with van der Waals surface area (Å²) >= 11 is 8.12. The van der Waals surface area contributed by atoms with Crippen LogP contribution >= 0.6 is 22.9 Å². The van der Waals surface area contributed by atoms with E-state index in [-0.39, 0.29) is 0 Å². The molecule has 0 aromatic carbocycles. The zero-order chi connectivity index (χ0) is 24.5. The van der Waals surface area contributed by atoms with Crippen LogP contribution in [-0.2, 0) is 19.5 Å². The van der Waals surface area contributed by atoms with Crippen LogP contribution in [-0.4, -0.2) is 39.1 Å². The molecule has 35 heavy (non-hydrogen) atoms. The maximum Gasteiger partial charge on any atom is 0.202 e. The summed E-state index contributed by atoms with van der Waals surface area (Å²) in [6.45, 7) is 11.5. The zero-order valence-electron chi connectivity index (χ0n) is 20.7. The molecule has 5 aromatic heterocycles. The lowest BCUT2D eigenvalue weighted by molar-refractivity contribution is 0.184. The number of aryl methyl sites for hydroxylation is 2. The maximum atomic E-state index is 6.30. The van der Waals surface area contributed by atoms with E-state index in [1.54, 1.807) is 10.8 Å². The van der Waals surface area contributed by atoms with Crippen molar-refractivity contribution in [1.82, 2.24) is 39.1 Å². The minimum atomic E-state index is 0.357. The highest BCUT2D eigenvalue weighted by Crippen LogP contribution is 2.45. The predicted octanol–water partition coefficient (Wildman–Crippen LogP) is 5.72. The Balaban J connectivity index is 1.34. The van der Waals surface area contributed by atoms with Crippen LogP contribution in [0.1, 0.15) is 55.4 Å². The molecule has 0 saturated heterocycles. The number of halogens is 1. The molecule has 1 aliphatic carbocycles. The fraction of sp³-hybridized carbons (Fsp3) is 0.480. The first kappa shape index (κ1) is 22.7. The van der Waals surface area contributed by atoms with E-state index in [4.69, 9.17) is 31.8 Å². The van der Waals surface area contributed by atoms with Crippen LogP contribution in [0.5, 0.6) is 0 Å². The van der Waals surface area contributed by atoms with Crippen LogP contribution in [0.2, 0.25) is 5.02 Å². The molecule has 0 fully saturated rings. The first-order valence-electron chi connectivity index (χ1n) is 12.1. The second-order valence-corrected chi connectivity index (χ2v) is 11.7. The van der Waals surface area contributed by atoms with Gasteiger partial charge in [0.25, 0.3) is 0 Å². The number of hydrogen-bond acceptors (Lipinski definition) is 6. The Kier molecular flexibility index (Phi) is 5.27. The van der Waals surface area contributed by atoms with Gasteiger partial charge in [-0.2, -0.15) is 10.2 Å². The van der Waals surface area contributed by atoms with Crippen LogP contribution in [0.3, 0.4) is 0 Å². The molecule has 5 heterocycles. The first-order valence-corrected chi connectivity index (χ1v) is 13.3. The molecule has 1 atom stereocenters. The van der Waals surface area contributed by atoms with Crippen molar-refractivity contribution < 1.29 is 0 Å². The van der Waals surface area contributed by atoms with Crippen molar-refractivity contribution in [2.75, 3.05) is 0 Å². The molecule has 0 bridgehead atoms. The summed E-state index contributed by atoms with van der Waals surface area (Å²) in [5, 5.41) is 15.8. The third kappa shape index (κ3) is 3.67. The number of nitrogens with zero attached hydrogens (tertiary/aromatic N) is 8. The van der Waals surface area contributed by atoms with E-state index in [0.29, 0.717) is 28.8 Å². The Morgan fingerprint density at radius 2 is 2.03 bits per heavy atom. The number of rotatable bonds is 5. The average Bonchev–Trinajstić information content (AvgIpc) is 3.60. The third-order valence-corrected chi connectivity index (χ3v) is 9.55. The lowest BCUT2D eigenvalue weighted by Crippen LogP contribution is -2.28. The zero-order valence-corrected chi connectivity index (χ0v) is 22.3. The van der Waals surface area contributed by atoms with E-state index in [2.05, 4.69) is 25.9 Å². The minimum Gasteiger partial charge on any atom is -0.250 e. The summed E-state index contributed by atoms with van der Waals surface area (Å²) < 4.78 is 5.48. The highest BCUT2D eigenvalue weighted by atomic mass is 35.5. The van der Waals surface area contributed by atoms with Gasteiger partial charge < -0.3 is 0 Å². The molecule has 182 valence electrons. The monoisotopic (exact) mass is 508 g/mol. The van der Waals surface area contributed by atoms with Gasteiger partial charge in [-0.3, -0.25) is 4.68 Å². The molecule has 0 spiro atoms. The lowest BCUT2D eigenvalue weighted by Gasteiger charge is -2.36. The molecule has 0 N–H and O–H groups in total. The van der Waals surface area contributed by atoms with Crippen molar-refractivity contribution in [3.8, 4) is 11.5 Å². The molecule has 6 rings (SSSR count). The summed E-state index contributed by atoms with van der Waals surface area (Å²) in [5.41, 5.74) is 5.11. The van der Waals surface area contributed by atoms with E-state index in [1.165, 1.54) is 23.3 Å². The van der Waals surface area contributed by atoms with Gasteiger partial charge in [0.15, 0.2) is 5.65 Å². The Morgan fingerprint density at radius 3 is 2.77 bits per heavy atom. The molecule has 8 nitrogen and oxygen atoms in total. The molecular formula is C25H29ClN8S. The molecule has 5 aromatic rings.